The Kier molecular flexibility index (Phi) is 6.53. The number of aromatic nitrogens is 6. The molecule has 262 valence electrons. The van der Waals surface area contributed by atoms with Gasteiger partial charge in [0.1, 0.15) is 0 Å². The molecule has 0 bridgehead atoms. The lowest BCUT2D eigenvalue weighted by Gasteiger charge is -2.08. The van der Waals surface area contributed by atoms with Gasteiger partial charge in [0.15, 0.2) is 0 Å². The van der Waals surface area contributed by atoms with Gasteiger partial charge in [0.2, 0.25) is 11.6 Å². The molecule has 4 heterocycles. The number of hydrogen-bond acceptors (Lipinski definition) is 2. The molecule has 0 radical (unpaired) electrons. The fourth-order valence-corrected chi connectivity index (χ4v) is 8.54. The third kappa shape index (κ3) is 4.56. The van der Waals surface area contributed by atoms with Crippen molar-refractivity contribution in [3.63, 3.8) is 0 Å². The van der Waals surface area contributed by atoms with E-state index >= 15 is 0 Å². The van der Waals surface area contributed by atoms with Gasteiger partial charge in [-0.1, -0.05) is 121 Å². The molecular formula is C50H32N6. The van der Waals surface area contributed by atoms with E-state index in [2.05, 4.69) is 212 Å². The van der Waals surface area contributed by atoms with Crippen LogP contribution in [0.5, 0.6) is 0 Å². The van der Waals surface area contributed by atoms with Crippen LogP contribution < -0.4 is 0 Å². The van der Waals surface area contributed by atoms with Crippen molar-refractivity contribution in [1.82, 2.24) is 27.9 Å². The third-order valence-electron chi connectivity index (χ3n) is 11.2. The Morgan fingerprint density at radius 2 is 0.607 bits per heavy atom. The van der Waals surface area contributed by atoms with Crippen molar-refractivity contribution in [3.05, 3.63) is 194 Å². The van der Waals surface area contributed by atoms with Crippen LogP contribution >= 0.6 is 0 Å². The molecular weight excluding hydrogens is 685 g/mol. The van der Waals surface area contributed by atoms with Crippen LogP contribution in [-0.4, -0.2) is 27.9 Å². The molecule has 12 rings (SSSR count). The lowest BCUT2D eigenvalue weighted by molar-refractivity contribution is 1.11. The first kappa shape index (κ1) is 30.7. The van der Waals surface area contributed by atoms with E-state index in [0.29, 0.717) is 0 Å². The zero-order valence-electron chi connectivity index (χ0n) is 30.2. The molecule has 0 unspecified atom stereocenters. The van der Waals surface area contributed by atoms with Gasteiger partial charge in [-0.25, -0.2) is 9.97 Å². The molecule has 6 heteroatoms. The molecule has 0 N–H and O–H groups in total. The predicted octanol–water partition coefficient (Wildman–Crippen LogP) is 12.2. The maximum atomic E-state index is 5.24. The zero-order chi connectivity index (χ0) is 36.7. The SMILES string of the molecule is c1ccc(-c2ccc3nc4n(-c5ccccc5)c5ccc(-c6ccc7c(c6)n6c8cc(-c9ccccc9)ccc8nc6n7-c6ccccc6)cc5n4c3c2)cc1. The van der Waals surface area contributed by atoms with Gasteiger partial charge < -0.3 is 0 Å². The van der Waals surface area contributed by atoms with Crippen LogP contribution in [0.15, 0.2) is 194 Å². The quantitative estimate of drug-likeness (QED) is 0.178. The normalized spacial score (nSPS) is 11.9. The van der Waals surface area contributed by atoms with E-state index in [1.807, 2.05) is 0 Å². The molecule has 0 amide bonds. The molecule has 0 saturated carbocycles. The summed E-state index contributed by atoms with van der Waals surface area (Å²) in [5.74, 6) is 1.78. The second-order valence-corrected chi connectivity index (χ2v) is 14.4. The zero-order valence-corrected chi connectivity index (χ0v) is 30.2. The molecule has 56 heavy (non-hydrogen) atoms. The van der Waals surface area contributed by atoms with Crippen molar-refractivity contribution in [2.45, 2.75) is 0 Å². The van der Waals surface area contributed by atoms with Gasteiger partial charge >= 0.3 is 0 Å². The van der Waals surface area contributed by atoms with Crippen molar-refractivity contribution in [1.29, 1.82) is 0 Å². The number of nitrogens with zero attached hydrogens (tertiary/aromatic N) is 6. The molecule has 0 aliphatic carbocycles. The minimum absolute atomic E-state index is 0.889. The van der Waals surface area contributed by atoms with Crippen LogP contribution in [-0.2, 0) is 0 Å². The molecule has 4 aromatic heterocycles. The van der Waals surface area contributed by atoms with Crippen molar-refractivity contribution in [2.24, 2.45) is 0 Å². The van der Waals surface area contributed by atoms with Crippen molar-refractivity contribution < 1.29 is 0 Å². The highest BCUT2D eigenvalue weighted by Gasteiger charge is 2.21. The smallest absolute Gasteiger partial charge is 0.220 e. The lowest BCUT2D eigenvalue weighted by atomic mass is 10.0. The van der Waals surface area contributed by atoms with Crippen LogP contribution in [0.4, 0.5) is 0 Å². The van der Waals surface area contributed by atoms with Crippen molar-refractivity contribution >= 4 is 55.7 Å². The Morgan fingerprint density at radius 3 is 1.02 bits per heavy atom. The largest absolute Gasteiger partial charge is 0.278 e. The van der Waals surface area contributed by atoms with E-state index in [-0.39, 0.29) is 0 Å². The van der Waals surface area contributed by atoms with Gasteiger partial charge in [-0.15, -0.1) is 0 Å². The summed E-state index contributed by atoms with van der Waals surface area (Å²) in [5.41, 5.74) is 17.6. The van der Waals surface area contributed by atoms with Gasteiger partial charge in [0, 0.05) is 11.4 Å². The Hall–Kier alpha value is -7.70. The first-order valence-electron chi connectivity index (χ1n) is 18.9. The summed E-state index contributed by atoms with van der Waals surface area (Å²) in [5, 5.41) is 0. The van der Waals surface area contributed by atoms with Gasteiger partial charge in [0.05, 0.1) is 44.1 Å². The Labute approximate surface area is 321 Å². The molecule has 6 nitrogen and oxygen atoms in total. The third-order valence-corrected chi connectivity index (χ3v) is 11.2. The number of hydrogen-bond donors (Lipinski definition) is 0. The monoisotopic (exact) mass is 716 g/mol. The first-order valence-corrected chi connectivity index (χ1v) is 18.9. The van der Waals surface area contributed by atoms with Gasteiger partial charge in [-0.05, 0) is 106 Å². The topological polar surface area (TPSA) is 44.5 Å². The van der Waals surface area contributed by atoms with E-state index in [1.54, 1.807) is 0 Å². The molecule has 0 aliphatic heterocycles. The van der Waals surface area contributed by atoms with Crippen LogP contribution in [0.25, 0.3) is 100 Å². The molecule has 0 saturated heterocycles. The van der Waals surface area contributed by atoms with Crippen LogP contribution in [0.3, 0.4) is 0 Å². The summed E-state index contributed by atoms with van der Waals surface area (Å²) in [6.45, 7) is 0. The fraction of sp³-hybridized carbons (Fsp3) is 0. The number of fused-ring (bicyclic) bond motifs is 10. The Balaban J connectivity index is 1.11. The summed E-state index contributed by atoms with van der Waals surface area (Å²) in [4.78, 5) is 10.5. The Morgan fingerprint density at radius 1 is 0.268 bits per heavy atom. The van der Waals surface area contributed by atoms with E-state index in [9.17, 15) is 0 Å². The molecule has 12 aromatic rings. The predicted molar refractivity (Wildman–Crippen MR) is 229 cm³/mol. The standard InChI is InChI=1S/C50H32N6/c1-5-13-33(14-6-1)35-21-25-41-45(29-35)55-47-31-37(23-27-43(47)53(49(55)51-41)39-17-9-3-10-18-39)38-24-28-44-48(32-38)56-46-30-36(34-15-7-2-8-16-34)22-26-42(46)52-50(56)54(44)40-19-11-4-12-20-40/h1-32H. The first-order chi connectivity index (χ1) is 27.8. The highest BCUT2D eigenvalue weighted by atomic mass is 15.2. The van der Waals surface area contributed by atoms with E-state index in [0.717, 1.165) is 89.3 Å². The van der Waals surface area contributed by atoms with E-state index < -0.39 is 0 Å². The van der Waals surface area contributed by atoms with Crippen LogP contribution in [0.1, 0.15) is 0 Å². The van der Waals surface area contributed by atoms with Gasteiger partial charge in [0.25, 0.3) is 0 Å². The highest BCUT2D eigenvalue weighted by Crippen LogP contribution is 2.37. The summed E-state index contributed by atoms with van der Waals surface area (Å²) >= 11 is 0. The van der Waals surface area contributed by atoms with Crippen LogP contribution in [0.2, 0.25) is 0 Å². The minimum Gasteiger partial charge on any atom is -0.278 e. The number of benzene rings is 8. The molecule has 0 spiro atoms. The summed E-state index contributed by atoms with van der Waals surface area (Å²) in [7, 11) is 0. The van der Waals surface area contributed by atoms with E-state index in [4.69, 9.17) is 9.97 Å². The number of rotatable bonds is 5. The van der Waals surface area contributed by atoms with Gasteiger partial charge in [-0.2, -0.15) is 0 Å². The minimum atomic E-state index is 0.889. The average molecular weight is 717 g/mol. The summed E-state index contributed by atoms with van der Waals surface area (Å²) < 4.78 is 9.20. The maximum absolute atomic E-state index is 5.24. The molecule has 0 atom stereocenters. The number of imidazole rings is 4. The lowest BCUT2D eigenvalue weighted by Crippen LogP contribution is -1.94. The second kappa shape index (κ2) is 11.9. The molecule has 0 fully saturated rings. The number of para-hydroxylation sites is 2. The highest BCUT2D eigenvalue weighted by molar-refractivity contribution is 5.98. The average Bonchev–Trinajstić information content (AvgIpc) is 4.00. The molecule has 8 aromatic carbocycles. The fourth-order valence-electron chi connectivity index (χ4n) is 8.54. The second-order valence-electron chi connectivity index (χ2n) is 14.4. The van der Waals surface area contributed by atoms with Crippen LogP contribution in [0, 0.1) is 0 Å². The summed E-state index contributed by atoms with van der Waals surface area (Å²) in [6, 6.07) is 69.0. The summed E-state index contributed by atoms with van der Waals surface area (Å²) in [6.07, 6.45) is 0. The maximum Gasteiger partial charge on any atom is 0.220 e. The van der Waals surface area contributed by atoms with Crippen molar-refractivity contribution in [3.8, 4) is 44.8 Å². The van der Waals surface area contributed by atoms with E-state index in [1.165, 1.54) is 11.1 Å². The molecule has 0 aliphatic rings. The van der Waals surface area contributed by atoms with Crippen molar-refractivity contribution in [2.75, 3.05) is 0 Å². The Bertz CT molecular complexity index is 3210. The van der Waals surface area contributed by atoms with Gasteiger partial charge in [-0.3, -0.25) is 17.9 Å².